The molecule has 8 heteroatoms. The molecule has 0 spiro atoms. The zero-order valence-corrected chi connectivity index (χ0v) is 11.2. The molecule has 1 atom stereocenters. The van der Waals surface area contributed by atoms with Crippen LogP contribution in [0, 0.1) is 0 Å². The first kappa shape index (κ1) is 14.4. The minimum absolute atomic E-state index is 0.105. The average molecular weight is 313 g/mol. The summed E-state index contributed by atoms with van der Waals surface area (Å²) in [5.74, 6) is 0.105. The van der Waals surface area contributed by atoms with Crippen molar-refractivity contribution in [1.29, 1.82) is 0 Å². The van der Waals surface area contributed by atoms with E-state index in [2.05, 4.69) is 10.5 Å². The van der Waals surface area contributed by atoms with Crippen LogP contribution in [0.2, 0.25) is 10.0 Å². The molecule has 1 saturated heterocycles. The van der Waals surface area contributed by atoms with Crippen LogP contribution in [0.3, 0.4) is 0 Å². The molecule has 0 radical (unpaired) electrons. The van der Waals surface area contributed by atoms with Gasteiger partial charge in [0, 0.05) is 17.1 Å². The Labute approximate surface area is 117 Å². The molecule has 0 aliphatic carbocycles. The molecule has 104 valence electrons. The van der Waals surface area contributed by atoms with Gasteiger partial charge < -0.3 is 0 Å². The van der Waals surface area contributed by atoms with Crippen LogP contribution in [0.4, 0.5) is 13.2 Å². The lowest BCUT2D eigenvalue weighted by Crippen LogP contribution is -2.42. The molecule has 0 aromatic heterocycles. The number of amidine groups is 1. The molecular weight excluding hydrogens is 304 g/mol. The number of benzene rings is 1. The zero-order chi connectivity index (χ0) is 14.3. The van der Waals surface area contributed by atoms with Gasteiger partial charge >= 0.3 is 6.18 Å². The summed E-state index contributed by atoms with van der Waals surface area (Å²) >= 11 is 11.5. The number of nitrogens with zero attached hydrogens (tertiary/aromatic N) is 1. The number of hydrogen-bond donors (Lipinski definition) is 1. The molecule has 1 N–H and O–H groups in total. The molecule has 1 fully saturated rings. The summed E-state index contributed by atoms with van der Waals surface area (Å²) in [6.07, 6.45) is -5.09. The smallest absolute Gasteiger partial charge is 0.274 e. The van der Waals surface area contributed by atoms with Gasteiger partial charge in [0.1, 0.15) is 5.84 Å². The Morgan fingerprint density at radius 3 is 2.26 bits per heavy atom. The standard InChI is InChI=1S/C11H9Cl2F3N2O/c1-17-9-5-10(19-18-9,11(14,15)16)6-2-7(12)4-8(13)3-6/h2-4H,5H2,1H3,(H,17,18). The van der Waals surface area contributed by atoms with E-state index < -0.39 is 18.2 Å². The third-order valence-corrected chi connectivity index (χ3v) is 3.25. The highest BCUT2D eigenvalue weighted by molar-refractivity contribution is 6.34. The minimum atomic E-state index is -4.64. The Kier molecular flexibility index (Phi) is 3.68. The van der Waals surface area contributed by atoms with Crippen molar-refractivity contribution in [3.05, 3.63) is 33.8 Å². The van der Waals surface area contributed by atoms with Crippen molar-refractivity contribution in [1.82, 2.24) is 5.48 Å². The van der Waals surface area contributed by atoms with E-state index in [9.17, 15) is 13.2 Å². The maximum Gasteiger partial charge on any atom is 0.424 e. The highest BCUT2D eigenvalue weighted by Gasteiger charge is 2.61. The Morgan fingerprint density at radius 2 is 1.84 bits per heavy atom. The van der Waals surface area contributed by atoms with E-state index in [1.807, 2.05) is 0 Å². The van der Waals surface area contributed by atoms with Crippen LogP contribution in [0.15, 0.2) is 23.2 Å². The largest absolute Gasteiger partial charge is 0.424 e. The third kappa shape index (κ3) is 2.52. The maximum absolute atomic E-state index is 13.4. The van der Waals surface area contributed by atoms with Crippen LogP contribution < -0.4 is 5.48 Å². The quantitative estimate of drug-likeness (QED) is 0.857. The van der Waals surface area contributed by atoms with E-state index in [1.54, 1.807) is 0 Å². The van der Waals surface area contributed by atoms with Gasteiger partial charge in [-0.3, -0.25) is 15.3 Å². The molecule has 3 nitrogen and oxygen atoms in total. The number of halogens is 5. The van der Waals surface area contributed by atoms with E-state index in [-0.39, 0.29) is 21.4 Å². The van der Waals surface area contributed by atoms with Gasteiger partial charge in [0.2, 0.25) is 5.60 Å². The second kappa shape index (κ2) is 4.85. The Bertz CT molecular complexity index is 513. The van der Waals surface area contributed by atoms with Gasteiger partial charge in [-0.15, -0.1) is 0 Å². The molecular formula is C11H9Cl2F3N2O. The van der Waals surface area contributed by atoms with Crippen LogP contribution in [-0.2, 0) is 10.4 Å². The van der Waals surface area contributed by atoms with Gasteiger partial charge in [-0.2, -0.15) is 13.2 Å². The molecule has 1 heterocycles. The van der Waals surface area contributed by atoms with Crippen LogP contribution in [0.5, 0.6) is 0 Å². The van der Waals surface area contributed by atoms with Gasteiger partial charge in [-0.05, 0) is 23.8 Å². The van der Waals surface area contributed by atoms with E-state index in [1.165, 1.54) is 25.2 Å². The van der Waals surface area contributed by atoms with Crippen LogP contribution in [-0.4, -0.2) is 19.1 Å². The minimum Gasteiger partial charge on any atom is -0.274 e. The molecule has 2 rings (SSSR count). The first-order valence-corrected chi connectivity index (χ1v) is 5.97. The van der Waals surface area contributed by atoms with Crippen molar-refractivity contribution in [2.75, 3.05) is 7.05 Å². The Morgan fingerprint density at radius 1 is 1.26 bits per heavy atom. The lowest BCUT2D eigenvalue weighted by atomic mass is 9.90. The molecule has 0 saturated carbocycles. The van der Waals surface area contributed by atoms with Crippen molar-refractivity contribution >= 4 is 29.0 Å². The van der Waals surface area contributed by atoms with Crippen LogP contribution >= 0.6 is 23.2 Å². The lowest BCUT2D eigenvalue weighted by molar-refractivity contribution is -0.282. The van der Waals surface area contributed by atoms with E-state index in [0.29, 0.717) is 0 Å². The summed E-state index contributed by atoms with van der Waals surface area (Å²) in [5.41, 5.74) is -0.510. The van der Waals surface area contributed by atoms with Crippen molar-refractivity contribution in [3.63, 3.8) is 0 Å². The molecule has 1 aliphatic rings. The van der Waals surface area contributed by atoms with Crippen LogP contribution in [0.1, 0.15) is 12.0 Å². The Hall–Kier alpha value is -0.980. The second-order valence-corrected chi connectivity index (χ2v) is 4.91. The average Bonchev–Trinajstić information content (AvgIpc) is 2.72. The highest BCUT2D eigenvalue weighted by atomic mass is 35.5. The van der Waals surface area contributed by atoms with Crippen molar-refractivity contribution in [2.45, 2.75) is 18.2 Å². The summed E-state index contributed by atoms with van der Waals surface area (Å²) in [7, 11) is 1.38. The van der Waals surface area contributed by atoms with E-state index in [0.717, 1.165) is 0 Å². The molecule has 0 bridgehead atoms. The summed E-state index contributed by atoms with van der Waals surface area (Å²) in [4.78, 5) is 8.46. The number of hydrogen-bond acceptors (Lipinski definition) is 2. The van der Waals surface area contributed by atoms with Crippen LogP contribution in [0.25, 0.3) is 0 Å². The van der Waals surface area contributed by atoms with Gasteiger partial charge in [0.05, 0.1) is 6.42 Å². The van der Waals surface area contributed by atoms with Gasteiger partial charge in [-0.1, -0.05) is 23.2 Å². The molecule has 0 amide bonds. The van der Waals surface area contributed by atoms with E-state index in [4.69, 9.17) is 28.0 Å². The number of aliphatic imine (C=N–C) groups is 1. The van der Waals surface area contributed by atoms with Gasteiger partial charge in [0.15, 0.2) is 0 Å². The molecule has 1 aromatic carbocycles. The third-order valence-electron chi connectivity index (χ3n) is 2.82. The predicted molar refractivity (Wildman–Crippen MR) is 66.4 cm³/mol. The molecule has 1 aromatic rings. The lowest BCUT2D eigenvalue weighted by Gasteiger charge is -2.29. The van der Waals surface area contributed by atoms with E-state index >= 15 is 0 Å². The molecule has 1 aliphatic heterocycles. The fraction of sp³-hybridized carbons (Fsp3) is 0.364. The zero-order valence-electron chi connectivity index (χ0n) is 9.68. The normalized spacial score (nSPS) is 25.7. The summed E-state index contributed by atoms with van der Waals surface area (Å²) in [6.45, 7) is 0. The number of alkyl halides is 3. The monoisotopic (exact) mass is 312 g/mol. The Balaban J connectivity index is 2.57. The number of nitrogens with one attached hydrogen (secondary N) is 1. The predicted octanol–water partition coefficient (Wildman–Crippen LogP) is 3.70. The van der Waals surface area contributed by atoms with Crippen molar-refractivity contribution < 1.29 is 18.0 Å². The van der Waals surface area contributed by atoms with Gasteiger partial charge in [0.25, 0.3) is 0 Å². The first-order valence-electron chi connectivity index (χ1n) is 5.21. The fourth-order valence-electron chi connectivity index (χ4n) is 1.85. The first-order chi connectivity index (χ1) is 8.78. The summed E-state index contributed by atoms with van der Waals surface area (Å²) < 4.78 is 40.1. The topological polar surface area (TPSA) is 33.6 Å². The summed E-state index contributed by atoms with van der Waals surface area (Å²) in [5, 5.41) is 0.216. The SMILES string of the molecule is CN=C1CC(c2cc(Cl)cc(Cl)c2)(C(F)(F)F)ON1. The van der Waals surface area contributed by atoms with Crippen molar-refractivity contribution in [2.24, 2.45) is 4.99 Å². The van der Waals surface area contributed by atoms with Gasteiger partial charge in [-0.25, -0.2) is 0 Å². The number of hydroxylamine groups is 1. The maximum atomic E-state index is 13.4. The molecule has 1 unspecified atom stereocenters. The summed E-state index contributed by atoms with van der Waals surface area (Å²) in [6, 6.07) is 3.72. The molecule has 19 heavy (non-hydrogen) atoms. The highest BCUT2D eigenvalue weighted by Crippen LogP contribution is 2.47. The fourth-order valence-corrected chi connectivity index (χ4v) is 2.37. The number of rotatable bonds is 1. The van der Waals surface area contributed by atoms with Crippen molar-refractivity contribution in [3.8, 4) is 0 Å². The second-order valence-electron chi connectivity index (χ2n) is 4.03.